The van der Waals surface area contributed by atoms with Gasteiger partial charge in [-0.25, -0.2) is 9.78 Å². The molecule has 2 aliphatic heterocycles. The summed E-state index contributed by atoms with van der Waals surface area (Å²) < 4.78 is 0. The van der Waals surface area contributed by atoms with Crippen LogP contribution in [0.25, 0.3) is 11.3 Å². The molecule has 28 heavy (non-hydrogen) atoms. The molecule has 0 saturated carbocycles. The molecule has 5 rings (SSSR count). The van der Waals surface area contributed by atoms with Gasteiger partial charge in [0.1, 0.15) is 0 Å². The summed E-state index contributed by atoms with van der Waals surface area (Å²) in [7, 11) is 0. The molecule has 0 unspecified atom stereocenters. The first kappa shape index (κ1) is 16.7. The zero-order valence-corrected chi connectivity index (χ0v) is 15.5. The van der Waals surface area contributed by atoms with Gasteiger partial charge in [-0.1, -0.05) is 0 Å². The van der Waals surface area contributed by atoms with Crippen molar-refractivity contribution in [1.82, 2.24) is 15.0 Å². The van der Waals surface area contributed by atoms with Crippen molar-refractivity contribution in [2.75, 3.05) is 28.2 Å². The lowest BCUT2D eigenvalue weighted by molar-refractivity contribution is 0.255. The number of carbonyl (C=O) groups is 1. The van der Waals surface area contributed by atoms with E-state index >= 15 is 0 Å². The Labute approximate surface area is 163 Å². The minimum Gasteiger partial charge on any atom is -0.366 e. The highest BCUT2D eigenvalue weighted by molar-refractivity contribution is 6.04. The van der Waals surface area contributed by atoms with Crippen LogP contribution in [0.3, 0.4) is 0 Å². The van der Waals surface area contributed by atoms with Crippen molar-refractivity contribution in [2.45, 2.75) is 19.4 Å². The number of aromatic nitrogens is 3. The Bertz CT molecular complexity index is 1040. The Morgan fingerprint density at radius 1 is 1.21 bits per heavy atom. The van der Waals surface area contributed by atoms with Gasteiger partial charge >= 0.3 is 6.03 Å². The number of nitrogens with zero attached hydrogens (tertiary/aromatic N) is 5. The Hall–Kier alpha value is -3.48. The van der Waals surface area contributed by atoms with Crippen LogP contribution in [0.15, 0.2) is 55.0 Å². The van der Waals surface area contributed by atoms with Crippen molar-refractivity contribution in [2.24, 2.45) is 0 Å². The predicted molar refractivity (Wildman–Crippen MR) is 109 cm³/mol. The topological polar surface area (TPSA) is 74.2 Å². The first-order chi connectivity index (χ1) is 13.7. The van der Waals surface area contributed by atoms with E-state index in [0.29, 0.717) is 11.5 Å². The maximum Gasteiger partial charge on any atom is 0.327 e. The number of rotatable bonds is 2. The average molecular weight is 372 g/mol. The first-order valence-electron chi connectivity index (χ1n) is 9.38. The average Bonchev–Trinajstić information content (AvgIpc) is 3.13. The lowest BCUT2D eigenvalue weighted by Gasteiger charge is -2.35. The van der Waals surface area contributed by atoms with Gasteiger partial charge in [0.05, 0.1) is 29.3 Å². The van der Waals surface area contributed by atoms with E-state index in [4.69, 9.17) is 4.98 Å². The second kappa shape index (κ2) is 6.60. The molecular weight excluding hydrogens is 352 g/mol. The van der Waals surface area contributed by atoms with E-state index in [2.05, 4.69) is 26.3 Å². The van der Waals surface area contributed by atoms with Gasteiger partial charge in [0.2, 0.25) is 0 Å². The minimum atomic E-state index is -0.170. The summed E-state index contributed by atoms with van der Waals surface area (Å²) >= 11 is 0. The number of pyridine rings is 3. The number of carbonyl (C=O) groups excluding carboxylic acids is 1. The van der Waals surface area contributed by atoms with E-state index in [1.54, 1.807) is 24.7 Å². The number of fused-ring (bicyclic) bond motifs is 4. The molecule has 140 valence electrons. The van der Waals surface area contributed by atoms with Gasteiger partial charge in [-0.15, -0.1) is 0 Å². The second-order valence-electron chi connectivity index (χ2n) is 7.16. The van der Waals surface area contributed by atoms with Crippen molar-refractivity contribution < 1.29 is 4.79 Å². The molecule has 0 aromatic carbocycles. The molecule has 1 saturated heterocycles. The third-order valence-electron chi connectivity index (χ3n) is 5.28. The molecule has 5 heterocycles. The van der Waals surface area contributed by atoms with Gasteiger partial charge in [-0.05, 0) is 49.7 Å². The zero-order chi connectivity index (χ0) is 19.1. The van der Waals surface area contributed by atoms with Crippen LogP contribution in [-0.4, -0.2) is 40.1 Å². The fourth-order valence-corrected chi connectivity index (χ4v) is 3.96. The highest BCUT2D eigenvalue weighted by atomic mass is 16.2. The summed E-state index contributed by atoms with van der Waals surface area (Å²) in [6.07, 6.45) is 6.05. The van der Waals surface area contributed by atoms with E-state index in [1.165, 1.54) is 0 Å². The number of aryl methyl sites for hydroxylation is 1. The normalized spacial score (nSPS) is 17.4. The number of anilines is 3. The Balaban J connectivity index is 1.54. The summed E-state index contributed by atoms with van der Waals surface area (Å²) in [5.74, 6) is 0.710. The molecule has 1 atom stereocenters. The fraction of sp³-hybridized carbons (Fsp3) is 0.238. The number of nitrogens with one attached hydrogen (secondary N) is 1. The molecule has 7 nitrogen and oxygen atoms in total. The largest absolute Gasteiger partial charge is 0.366 e. The van der Waals surface area contributed by atoms with Crippen molar-refractivity contribution in [3.8, 4) is 11.3 Å². The van der Waals surface area contributed by atoms with Crippen LogP contribution in [0.5, 0.6) is 0 Å². The van der Waals surface area contributed by atoms with Crippen molar-refractivity contribution in [3.05, 3.63) is 60.7 Å². The minimum absolute atomic E-state index is 0.117. The Morgan fingerprint density at radius 2 is 2.14 bits per heavy atom. The smallest absolute Gasteiger partial charge is 0.327 e. The van der Waals surface area contributed by atoms with Crippen LogP contribution in [0.1, 0.15) is 12.1 Å². The van der Waals surface area contributed by atoms with E-state index < -0.39 is 0 Å². The van der Waals surface area contributed by atoms with E-state index in [9.17, 15) is 4.79 Å². The first-order valence-corrected chi connectivity index (χ1v) is 9.38. The fourth-order valence-electron chi connectivity index (χ4n) is 3.96. The molecule has 0 aliphatic carbocycles. The Morgan fingerprint density at radius 3 is 2.96 bits per heavy atom. The van der Waals surface area contributed by atoms with Crippen LogP contribution in [-0.2, 0) is 0 Å². The molecule has 7 heteroatoms. The zero-order valence-electron chi connectivity index (χ0n) is 15.5. The summed E-state index contributed by atoms with van der Waals surface area (Å²) in [5.41, 5.74) is 4.45. The Kier molecular flexibility index (Phi) is 3.93. The van der Waals surface area contributed by atoms with Crippen LogP contribution < -0.4 is 15.1 Å². The molecule has 3 aromatic heterocycles. The predicted octanol–water partition coefficient (Wildman–Crippen LogP) is 3.48. The third kappa shape index (κ3) is 2.85. The maximum atomic E-state index is 13.1. The van der Waals surface area contributed by atoms with E-state index in [0.717, 1.165) is 42.1 Å². The maximum absolute atomic E-state index is 13.1. The summed E-state index contributed by atoms with van der Waals surface area (Å²) in [4.78, 5) is 30.5. The van der Waals surface area contributed by atoms with Crippen LogP contribution in [0, 0.1) is 6.92 Å². The molecule has 1 N–H and O–H groups in total. The van der Waals surface area contributed by atoms with Crippen molar-refractivity contribution in [3.63, 3.8) is 0 Å². The molecule has 0 radical (unpaired) electrons. The molecule has 2 bridgehead atoms. The van der Waals surface area contributed by atoms with Crippen molar-refractivity contribution >= 4 is 23.2 Å². The van der Waals surface area contributed by atoms with Gasteiger partial charge in [0, 0.05) is 36.7 Å². The van der Waals surface area contributed by atoms with Gasteiger partial charge in [-0.2, -0.15) is 0 Å². The molecule has 1 fully saturated rings. The number of amides is 2. The number of urea groups is 1. The molecule has 2 aliphatic rings. The SMILES string of the molecule is Cc1cc(-c2ccc3c(n2)N(C(=O)Nc2cccnc2)[C@H]2CCN3C2)ccn1. The molecule has 3 aromatic rings. The van der Waals surface area contributed by atoms with E-state index in [1.807, 2.05) is 36.1 Å². The standard InChI is InChI=1S/C21H20N6O/c1-14-11-15(6-9-23-14)18-4-5-19-20(25-18)27(17-7-10-26(19)13-17)21(28)24-16-3-2-8-22-12-16/h2-6,8-9,11-12,17H,7,10,13H2,1H3,(H,24,28)/t17-/m0/s1. The van der Waals surface area contributed by atoms with Crippen LogP contribution >= 0.6 is 0 Å². The van der Waals surface area contributed by atoms with Gasteiger partial charge in [-0.3, -0.25) is 14.9 Å². The lowest BCUT2D eigenvalue weighted by atomic mass is 10.1. The quantitative estimate of drug-likeness (QED) is 0.745. The molecule has 0 spiro atoms. The highest BCUT2D eigenvalue weighted by Crippen LogP contribution is 2.40. The molecular formula is C21H20N6O. The summed E-state index contributed by atoms with van der Waals surface area (Å²) in [6.45, 7) is 3.73. The lowest BCUT2D eigenvalue weighted by Crippen LogP contribution is -2.48. The van der Waals surface area contributed by atoms with Crippen LogP contribution in [0.2, 0.25) is 0 Å². The van der Waals surface area contributed by atoms with Gasteiger partial charge in [0.25, 0.3) is 0 Å². The van der Waals surface area contributed by atoms with E-state index in [-0.39, 0.29) is 12.1 Å². The molecule has 2 amide bonds. The van der Waals surface area contributed by atoms with Gasteiger partial charge < -0.3 is 10.2 Å². The number of hydrogen-bond donors (Lipinski definition) is 1. The van der Waals surface area contributed by atoms with Crippen LogP contribution in [0.4, 0.5) is 22.0 Å². The summed E-state index contributed by atoms with van der Waals surface area (Å²) in [5, 5.41) is 2.96. The second-order valence-corrected chi connectivity index (χ2v) is 7.16. The monoisotopic (exact) mass is 372 g/mol. The highest BCUT2D eigenvalue weighted by Gasteiger charge is 2.40. The number of hydrogen-bond acceptors (Lipinski definition) is 5. The summed E-state index contributed by atoms with van der Waals surface area (Å²) in [6, 6.07) is 11.6. The van der Waals surface area contributed by atoms with Gasteiger partial charge in [0.15, 0.2) is 5.82 Å². The van der Waals surface area contributed by atoms with Crippen molar-refractivity contribution in [1.29, 1.82) is 0 Å². The third-order valence-corrected chi connectivity index (χ3v) is 5.28.